The Morgan fingerprint density at radius 1 is 1.12 bits per heavy atom. The first-order valence-corrected chi connectivity index (χ1v) is 9.49. The number of halogens is 1. The molecule has 0 saturated heterocycles. The lowest BCUT2D eigenvalue weighted by atomic mass is 10.0. The first kappa shape index (κ1) is 18.6. The van der Waals surface area contributed by atoms with Gasteiger partial charge in [0.2, 0.25) is 0 Å². The highest BCUT2D eigenvalue weighted by Gasteiger charge is 2.20. The number of benzene rings is 2. The SMILES string of the molecule is CC(Cl)OC(=O)N(C)CCCN1c2ccccc2CCc2ccccc21. The highest BCUT2D eigenvalue weighted by molar-refractivity contribution is 6.19. The summed E-state index contributed by atoms with van der Waals surface area (Å²) in [6, 6.07) is 17.2. The Kier molecular flexibility index (Phi) is 6.04. The Balaban J connectivity index is 1.74. The molecule has 3 rings (SSSR count). The van der Waals surface area contributed by atoms with Crippen molar-refractivity contribution in [1.29, 1.82) is 0 Å². The number of aryl methyl sites for hydroxylation is 2. The zero-order valence-electron chi connectivity index (χ0n) is 15.3. The smallest absolute Gasteiger partial charge is 0.410 e. The monoisotopic (exact) mass is 372 g/mol. The van der Waals surface area contributed by atoms with Crippen LogP contribution in [0.1, 0.15) is 24.5 Å². The fourth-order valence-corrected chi connectivity index (χ4v) is 3.47. The molecule has 0 spiro atoms. The fourth-order valence-electron chi connectivity index (χ4n) is 3.40. The lowest BCUT2D eigenvalue weighted by Gasteiger charge is -2.28. The molecule has 0 N–H and O–H groups in total. The lowest BCUT2D eigenvalue weighted by Crippen LogP contribution is -2.32. The number of rotatable bonds is 5. The van der Waals surface area contributed by atoms with E-state index in [2.05, 4.69) is 53.4 Å². The van der Waals surface area contributed by atoms with Crippen LogP contribution in [0, 0.1) is 0 Å². The van der Waals surface area contributed by atoms with Crippen LogP contribution in [0.5, 0.6) is 0 Å². The van der Waals surface area contributed by atoms with Crippen LogP contribution in [0.25, 0.3) is 0 Å². The van der Waals surface area contributed by atoms with Crippen LogP contribution in [-0.4, -0.2) is 36.7 Å². The van der Waals surface area contributed by atoms with Crippen molar-refractivity contribution in [2.45, 2.75) is 31.7 Å². The van der Waals surface area contributed by atoms with Crippen LogP contribution in [0.3, 0.4) is 0 Å². The molecule has 0 bridgehead atoms. The maximum absolute atomic E-state index is 11.9. The summed E-state index contributed by atoms with van der Waals surface area (Å²) in [4.78, 5) is 15.8. The van der Waals surface area contributed by atoms with Gasteiger partial charge in [-0.2, -0.15) is 0 Å². The van der Waals surface area contributed by atoms with Gasteiger partial charge in [0.05, 0.1) is 0 Å². The summed E-state index contributed by atoms with van der Waals surface area (Å²) in [7, 11) is 1.74. The number of carbonyl (C=O) groups excluding carboxylic acids is 1. The van der Waals surface area contributed by atoms with E-state index >= 15 is 0 Å². The van der Waals surface area contributed by atoms with Crippen molar-refractivity contribution in [3.05, 3.63) is 59.7 Å². The molecule has 2 aromatic rings. The second-order valence-electron chi connectivity index (χ2n) is 6.61. The highest BCUT2D eigenvalue weighted by Crippen LogP contribution is 2.35. The largest absolute Gasteiger partial charge is 0.430 e. The predicted octanol–water partition coefficient (Wildman–Crippen LogP) is 4.97. The zero-order valence-corrected chi connectivity index (χ0v) is 16.1. The van der Waals surface area contributed by atoms with Gasteiger partial charge in [-0.3, -0.25) is 0 Å². The van der Waals surface area contributed by atoms with E-state index in [9.17, 15) is 4.79 Å². The number of amides is 1. The molecular formula is C21H25ClN2O2. The summed E-state index contributed by atoms with van der Waals surface area (Å²) in [5.74, 6) is 0. The minimum atomic E-state index is -0.616. The summed E-state index contributed by atoms with van der Waals surface area (Å²) in [5, 5.41) is 0. The maximum atomic E-state index is 11.9. The molecule has 1 unspecified atom stereocenters. The van der Waals surface area contributed by atoms with E-state index in [0.29, 0.717) is 6.54 Å². The molecule has 4 nitrogen and oxygen atoms in total. The van der Waals surface area contributed by atoms with Crippen LogP contribution >= 0.6 is 11.6 Å². The molecule has 0 saturated carbocycles. The Morgan fingerprint density at radius 2 is 1.65 bits per heavy atom. The third-order valence-electron chi connectivity index (χ3n) is 4.68. The van der Waals surface area contributed by atoms with Gasteiger partial charge in [-0.25, -0.2) is 4.79 Å². The van der Waals surface area contributed by atoms with E-state index < -0.39 is 5.56 Å². The quantitative estimate of drug-likeness (QED) is 0.695. The van der Waals surface area contributed by atoms with E-state index in [-0.39, 0.29) is 6.09 Å². The first-order valence-electron chi connectivity index (χ1n) is 9.05. The summed E-state index contributed by atoms with van der Waals surface area (Å²) in [6.07, 6.45) is 2.54. The number of hydrogen-bond acceptors (Lipinski definition) is 3. The van der Waals surface area contributed by atoms with E-state index in [1.54, 1.807) is 18.9 Å². The third-order valence-corrected chi connectivity index (χ3v) is 4.77. The number of anilines is 2. The molecule has 2 aromatic carbocycles. The summed E-state index contributed by atoms with van der Waals surface area (Å²) in [6.45, 7) is 3.09. The number of para-hydroxylation sites is 2. The number of hydrogen-bond donors (Lipinski definition) is 0. The molecule has 26 heavy (non-hydrogen) atoms. The van der Waals surface area contributed by atoms with E-state index in [0.717, 1.165) is 25.8 Å². The maximum Gasteiger partial charge on any atom is 0.410 e. The molecule has 1 atom stereocenters. The number of fused-ring (bicyclic) bond motifs is 2. The van der Waals surface area contributed by atoms with Crippen LogP contribution in [-0.2, 0) is 17.6 Å². The van der Waals surface area contributed by atoms with Gasteiger partial charge in [-0.15, -0.1) is 0 Å². The molecule has 138 valence electrons. The van der Waals surface area contributed by atoms with Crippen molar-refractivity contribution in [2.24, 2.45) is 0 Å². The number of carbonyl (C=O) groups is 1. The normalized spacial score (nSPS) is 14.0. The van der Waals surface area contributed by atoms with Gasteiger partial charge in [0.15, 0.2) is 5.56 Å². The summed E-state index contributed by atoms with van der Waals surface area (Å²) < 4.78 is 5.03. The first-order chi connectivity index (χ1) is 12.6. The molecule has 1 aliphatic rings. The second kappa shape index (κ2) is 8.45. The predicted molar refractivity (Wildman–Crippen MR) is 106 cm³/mol. The molecule has 1 aliphatic heterocycles. The topological polar surface area (TPSA) is 32.8 Å². The number of ether oxygens (including phenoxy) is 1. The van der Waals surface area contributed by atoms with Crippen molar-refractivity contribution >= 4 is 29.1 Å². The Hall–Kier alpha value is -2.20. The Bertz CT molecular complexity index is 716. The van der Waals surface area contributed by atoms with Crippen molar-refractivity contribution < 1.29 is 9.53 Å². The Labute approximate surface area is 160 Å². The van der Waals surface area contributed by atoms with E-state index in [1.807, 2.05) is 0 Å². The van der Waals surface area contributed by atoms with Gasteiger partial charge in [-0.1, -0.05) is 48.0 Å². The van der Waals surface area contributed by atoms with Crippen molar-refractivity contribution in [3.63, 3.8) is 0 Å². The van der Waals surface area contributed by atoms with Gasteiger partial charge in [0.25, 0.3) is 0 Å². The van der Waals surface area contributed by atoms with E-state index in [4.69, 9.17) is 16.3 Å². The number of nitrogens with zero attached hydrogens (tertiary/aromatic N) is 2. The van der Waals surface area contributed by atoms with E-state index in [1.165, 1.54) is 22.5 Å². The van der Waals surface area contributed by atoms with Crippen LogP contribution < -0.4 is 4.90 Å². The summed E-state index contributed by atoms with van der Waals surface area (Å²) in [5.41, 5.74) is 4.64. The zero-order chi connectivity index (χ0) is 18.5. The lowest BCUT2D eigenvalue weighted by molar-refractivity contribution is 0.104. The molecule has 0 aromatic heterocycles. The van der Waals surface area contributed by atoms with Crippen LogP contribution in [0.4, 0.5) is 16.2 Å². The molecule has 0 radical (unpaired) electrons. The van der Waals surface area contributed by atoms with Gasteiger partial charge < -0.3 is 14.5 Å². The minimum absolute atomic E-state index is 0.385. The third kappa shape index (κ3) is 4.31. The standard InChI is InChI=1S/C21H25ClN2O2/c1-16(22)26-21(25)23(2)14-7-15-24-19-10-5-3-8-17(19)12-13-18-9-4-6-11-20(18)24/h3-6,8-11,16H,7,12-15H2,1-2H3. The second-order valence-corrected chi connectivity index (χ2v) is 7.23. The molecular weight excluding hydrogens is 348 g/mol. The van der Waals surface area contributed by atoms with Gasteiger partial charge in [0, 0.05) is 31.5 Å². The number of alkyl halides is 1. The van der Waals surface area contributed by atoms with Crippen molar-refractivity contribution in [3.8, 4) is 0 Å². The minimum Gasteiger partial charge on any atom is -0.430 e. The molecule has 1 heterocycles. The van der Waals surface area contributed by atoms with Crippen molar-refractivity contribution in [1.82, 2.24) is 4.90 Å². The molecule has 0 fully saturated rings. The highest BCUT2D eigenvalue weighted by atomic mass is 35.5. The van der Waals surface area contributed by atoms with Gasteiger partial charge in [-0.05, 0) is 49.4 Å². The van der Waals surface area contributed by atoms with Crippen LogP contribution in [0.2, 0.25) is 0 Å². The molecule has 0 aliphatic carbocycles. The molecule has 5 heteroatoms. The average Bonchev–Trinajstić information content (AvgIpc) is 2.79. The summed E-state index contributed by atoms with van der Waals surface area (Å²) >= 11 is 5.73. The molecule has 1 amide bonds. The fraction of sp³-hybridized carbons (Fsp3) is 0.381. The van der Waals surface area contributed by atoms with Crippen LogP contribution in [0.15, 0.2) is 48.5 Å². The average molecular weight is 373 g/mol. The van der Waals surface area contributed by atoms with Gasteiger partial charge in [0.1, 0.15) is 0 Å². The van der Waals surface area contributed by atoms with Crippen molar-refractivity contribution in [2.75, 3.05) is 25.0 Å². The van der Waals surface area contributed by atoms with Gasteiger partial charge >= 0.3 is 6.09 Å². The Morgan fingerprint density at radius 3 is 2.19 bits per heavy atom.